The van der Waals surface area contributed by atoms with Gasteiger partial charge in [0.25, 0.3) is 0 Å². The van der Waals surface area contributed by atoms with Crippen LogP contribution in [0.2, 0.25) is 0 Å². The quantitative estimate of drug-likeness (QED) is 0.680. The summed E-state index contributed by atoms with van der Waals surface area (Å²) in [5.74, 6) is 0.216. The van der Waals surface area contributed by atoms with Crippen molar-refractivity contribution in [3.8, 4) is 11.6 Å². The Morgan fingerprint density at radius 3 is 2.57 bits per heavy atom. The summed E-state index contributed by atoms with van der Waals surface area (Å²) in [6, 6.07) is 12.9. The second-order valence-electron chi connectivity index (χ2n) is 5.68. The summed E-state index contributed by atoms with van der Waals surface area (Å²) in [4.78, 5) is 12.1. The van der Waals surface area contributed by atoms with E-state index in [-0.39, 0.29) is 11.7 Å². The number of carbonyl (C=O) groups is 1. The number of furan rings is 1. The van der Waals surface area contributed by atoms with Crippen molar-refractivity contribution in [1.29, 1.82) is 0 Å². The molecule has 0 amide bonds. The topological polar surface area (TPSA) is 57.3 Å². The zero-order valence-electron chi connectivity index (χ0n) is 13.3. The van der Waals surface area contributed by atoms with Gasteiger partial charge >= 0.3 is 5.97 Å². The van der Waals surface area contributed by atoms with Gasteiger partial charge in [0.1, 0.15) is 0 Å². The maximum Gasteiger partial charge on any atom is 0.380 e. The average molecular weight is 310 g/mol. The Bertz CT molecular complexity index is 799. The average Bonchev–Trinajstić information content (AvgIpc) is 3.17. The molecule has 0 unspecified atom stereocenters. The van der Waals surface area contributed by atoms with Crippen LogP contribution in [0.5, 0.6) is 5.88 Å². The van der Waals surface area contributed by atoms with E-state index in [0.717, 1.165) is 16.9 Å². The first kappa shape index (κ1) is 15.1. The van der Waals surface area contributed by atoms with Gasteiger partial charge in [-0.05, 0) is 37.1 Å². The number of esters is 1. The molecule has 23 heavy (non-hydrogen) atoms. The number of hydrogen-bond acceptors (Lipinski definition) is 4. The maximum atomic E-state index is 12.1. The van der Waals surface area contributed by atoms with E-state index in [2.05, 4.69) is 5.10 Å². The molecule has 0 fully saturated rings. The molecule has 0 N–H and O–H groups in total. The third-order valence-electron chi connectivity index (χ3n) is 3.49. The van der Waals surface area contributed by atoms with Gasteiger partial charge in [0.2, 0.25) is 11.6 Å². The molecule has 0 saturated heterocycles. The van der Waals surface area contributed by atoms with Crippen LogP contribution < -0.4 is 4.74 Å². The van der Waals surface area contributed by atoms with Gasteiger partial charge in [-0.25, -0.2) is 9.48 Å². The zero-order chi connectivity index (χ0) is 16.4. The van der Waals surface area contributed by atoms with E-state index in [1.54, 1.807) is 22.9 Å². The van der Waals surface area contributed by atoms with Crippen molar-refractivity contribution in [2.75, 3.05) is 0 Å². The van der Waals surface area contributed by atoms with Crippen LogP contribution >= 0.6 is 0 Å². The summed E-state index contributed by atoms with van der Waals surface area (Å²) in [5, 5.41) is 4.55. The fraction of sp³-hybridized carbons (Fsp3) is 0.222. The van der Waals surface area contributed by atoms with Crippen LogP contribution in [0.15, 0.2) is 53.1 Å². The molecule has 0 spiro atoms. The Morgan fingerprint density at radius 1 is 1.22 bits per heavy atom. The Balaban J connectivity index is 1.97. The van der Waals surface area contributed by atoms with Gasteiger partial charge in [-0.15, -0.1) is 0 Å². The van der Waals surface area contributed by atoms with Crippen LogP contribution in [0.1, 0.15) is 41.6 Å². The van der Waals surface area contributed by atoms with E-state index in [0.29, 0.717) is 5.88 Å². The molecular weight excluding hydrogens is 292 g/mol. The number of ether oxygens (including phenoxy) is 1. The standard InChI is InChI=1S/C18H18N2O3/c1-12(2)15-11-17(23-18(21)16-5-4-10-22-16)20(19-15)14-8-6-13(3)7-9-14/h4-12H,1-3H3. The molecule has 2 heterocycles. The van der Waals surface area contributed by atoms with Crippen LogP contribution in [0.3, 0.4) is 0 Å². The lowest BCUT2D eigenvalue weighted by atomic mass is 10.1. The van der Waals surface area contributed by atoms with E-state index >= 15 is 0 Å². The Hall–Kier alpha value is -2.82. The van der Waals surface area contributed by atoms with E-state index in [4.69, 9.17) is 9.15 Å². The first-order valence-electron chi connectivity index (χ1n) is 7.47. The third kappa shape index (κ3) is 3.18. The van der Waals surface area contributed by atoms with E-state index < -0.39 is 5.97 Å². The van der Waals surface area contributed by atoms with Gasteiger partial charge in [-0.2, -0.15) is 5.10 Å². The van der Waals surface area contributed by atoms with Crippen molar-refractivity contribution in [3.05, 3.63) is 65.7 Å². The number of nitrogens with zero attached hydrogens (tertiary/aromatic N) is 2. The Labute approximate surface area is 134 Å². The Morgan fingerprint density at radius 2 is 1.96 bits per heavy atom. The lowest BCUT2D eigenvalue weighted by Gasteiger charge is -2.07. The summed E-state index contributed by atoms with van der Waals surface area (Å²) in [5.41, 5.74) is 2.84. The third-order valence-corrected chi connectivity index (χ3v) is 3.49. The first-order chi connectivity index (χ1) is 11.0. The zero-order valence-corrected chi connectivity index (χ0v) is 13.3. The molecule has 0 radical (unpaired) electrons. The van der Waals surface area contributed by atoms with Gasteiger partial charge in [0.05, 0.1) is 17.6 Å². The molecule has 3 rings (SSSR count). The molecule has 0 bridgehead atoms. The largest absolute Gasteiger partial charge is 0.457 e. The normalized spacial score (nSPS) is 11.0. The molecule has 0 saturated carbocycles. The van der Waals surface area contributed by atoms with Crippen molar-refractivity contribution in [2.24, 2.45) is 0 Å². The van der Waals surface area contributed by atoms with Gasteiger partial charge in [-0.1, -0.05) is 31.5 Å². The highest BCUT2D eigenvalue weighted by Gasteiger charge is 2.18. The summed E-state index contributed by atoms with van der Waals surface area (Å²) in [7, 11) is 0. The highest BCUT2D eigenvalue weighted by Crippen LogP contribution is 2.25. The van der Waals surface area contributed by atoms with E-state index in [9.17, 15) is 4.79 Å². The lowest BCUT2D eigenvalue weighted by molar-refractivity contribution is 0.0689. The summed E-state index contributed by atoms with van der Waals surface area (Å²) >= 11 is 0. The molecule has 0 aliphatic heterocycles. The molecule has 0 aliphatic rings. The minimum absolute atomic E-state index is 0.160. The number of aromatic nitrogens is 2. The van der Waals surface area contributed by atoms with Crippen LogP contribution in [0, 0.1) is 6.92 Å². The SMILES string of the molecule is Cc1ccc(-n2nc(C(C)C)cc2OC(=O)c2ccco2)cc1. The lowest BCUT2D eigenvalue weighted by Crippen LogP contribution is -2.11. The second kappa shape index (κ2) is 6.12. The fourth-order valence-corrected chi connectivity index (χ4v) is 2.15. The summed E-state index contributed by atoms with van der Waals surface area (Å²) in [6.45, 7) is 6.10. The highest BCUT2D eigenvalue weighted by atomic mass is 16.6. The molecule has 2 aromatic heterocycles. The fourth-order valence-electron chi connectivity index (χ4n) is 2.15. The molecule has 3 aromatic rings. The molecule has 0 aliphatic carbocycles. The predicted octanol–water partition coefficient (Wildman–Crippen LogP) is 4.12. The minimum atomic E-state index is -0.543. The van der Waals surface area contributed by atoms with Crippen molar-refractivity contribution < 1.29 is 13.9 Å². The summed E-state index contributed by atoms with van der Waals surface area (Å²) < 4.78 is 12.2. The number of carbonyl (C=O) groups excluding carboxylic acids is 1. The van der Waals surface area contributed by atoms with Gasteiger partial charge in [0.15, 0.2) is 0 Å². The van der Waals surface area contributed by atoms with Crippen molar-refractivity contribution in [3.63, 3.8) is 0 Å². The van der Waals surface area contributed by atoms with Crippen molar-refractivity contribution >= 4 is 5.97 Å². The number of hydrogen-bond donors (Lipinski definition) is 0. The smallest absolute Gasteiger partial charge is 0.380 e. The molecule has 118 valence electrons. The van der Waals surface area contributed by atoms with E-state index in [1.807, 2.05) is 45.0 Å². The van der Waals surface area contributed by atoms with E-state index in [1.165, 1.54) is 6.26 Å². The van der Waals surface area contributed by atoms with Gasteiger partial charge < -0.3 is 9.15 Å². The van der Waals surface area contributed by atoms with Gasteiger partial charge in [0, 0.05) is 6.07 Å². The van der Waals surface area contributed by atoms with Crippen molar-refractivity contribution in [1.82, 2.24) is 9.78 Å². The molecular formula is C18H18N2O3. The Kier molecular flexibility index (Phi) is 4.02. The maximum absolute atomic E-state index is 12.1. The molecule has 5 nitrogen and oxygen atoms in total. The minimum Gasteiger partial charge on any atom is -0.457 e. The number of aryl methyl sites for hydroxylation is 1. The molecule has 0 atom stereocenters. The van der Waals surface area contributed by atoms with Gasteiger partial charge in [-0.3, -0.25) is 0 Å². The van der Waals surface area contributed by atoms with Crippen molar-refractivity contribution in [2.45, 2.75) is 26.7 Å². The number of rotatable bonds is 4. The van der Waals surface area contributed by atoms with Crippen LogP contribution in [0.25, 0.3) is 5.69 Å². The monoisotopic (exact) mass is 310 g/mol. The van der Waals surface area contributed by atoms with Crippen LogP contribution in [-0.2, 0) is 0 Å². The highest BCUT2D eigenvalue weighted by molar-refractivity contribution is 5.87. The second-order valence-corrected chi connectivity index (χ2v) is 5.68. The summed E-state index contributed by atoms with van der Waals surface area (Å²) in [6.07, 6.45) is 1.44. The molecule has 1 aromatic carbocycles. The molecule has 5 heteroatoms. The first-order valence-corrected chi connectivity index (χ1v) is 7.47. The predicted molar refractivity (Wildman–Crippen MR) is 86.1 cm³/mol. The van der Waals surface area contributed by atoms with Crippen LogP contribution in [0.4, 0.5) is 0 Å². The van der Waals surface area contributed by atoms with Crippen LogP contribution in [-0.4, -0.2) is 15.7 Å². The number of benzene rings is 1.